The first kappa shape index (κ1) is 11.7. The number of aryl methyl sites for hydroxylation is 2. The van der Waals surface area contributed by atoms with Gasteiger partial charge in [-0.05, 0) is 30.9 Å². The zero-order chi connectivity index (χ0) is 13.5. The maximum absolute atomic E-state index is 4.69. The zero-order valence-electron chi connectivity index (χ0n) is 11.1. The summed E-state index contributed by atoms with van der Waals surface area (Å²) in [6.45, 7) is 0. The van der Waals surface area contributed by atoms with E-state index in [0.29, 0.717) is 5.82 Å². The SMILES string of the molecule is CNc1nc(-c2ccncn2)nc2sc3c(c12)CCC3. The highest BCUT2D eigenvalue weighted by molar-refractivity contribution is 7.19. The molecule has 0 spiro atoms. The smallest absolute Gasteiger partial charge is 0.181 e. The summed E-state index contributed by atoms with van der Waals surface area (Å²) < 4.78 is 0. The summed E-state index contributed by atoms with van der Waals surface area (Å²) in [5.74, 6) is 1.56. The van der Waals surface area contributed by atoms with Gasteiger partial charge in [0.05, 0.1) is 5.39 Å². The second kappa shape index (κ2) is 4.49. The summed E-state index contributed by atoms with van der Waals surface area (Å²) in [5, 5.41) is 4.41. The van der Waals surface area contributed by atoms with Crippen LogP contribution in [0, 0.1) is 0 Å². The third-order valence-corrected chi connectivity index (χ3v) is 4.80. The minimum Gasteiger partial charge on any atom is -0.372 e. The first-order valence-corrected chi connectivity index (χ1v) is 7.45. The fraction of sp³-hybridized carbons (Fsp3) is 0.286. The van der Waals surface area contributed by atoms with Crippen LogP contribution in [-0.4, -0.2) is 27.0 Å². The first-order chi connectivity index (χ1) is 9.86. The molecule has 6 heteroatoms. The third-order valence-electron chi connectivity index (χ3n) is 3.61. The van der Waals surface area contributed by atoms with Gasteiger partial charge < -0.3 is 5.32 Å². The Balaban J connectivity index is 1.98. The Morgan fingerprint density at radius 2 is 2.20 bits per heavy atom. The number of anilines is 1. The minimum absolute atomic E-state index is 0.657. The van der Waals surface area contributed by atoms with Crippen LogP contribution in [0.5, 0.6) is 0 Å². The quantitative estimate of drug-likeness (QED) is 0.783. The Morgan fingerprint density at radius 1 is 1.25 bits per heavy atom. The number of thiophene rings is 1. The molecule has 0 atom stereocenters. The van der Waals surface area contributed by atoms with Gasteiger partial charge in [0.2, 0.25) is 0 Å². The van der Waals surface area contributed by atoms with E-state index in [-0.39, 0.29) is 0 Å². The fourth-order valence-electron chi connectivity index (χ4n) is 2.71. The van der Waals surface area contributed by atoms with Crippen molar-refractivity contribution >= 4 is 27.4 Å². The average molecular weight is 283 g/mol. The lowest BCUT2D eigenvalue weighted by atomic mass is 10.2. The molecule has 0 saturated carbocycles. The first-order valence-electron chi connectivity index (χ1n) is 6.63. The Kier molecular flexibility index (Phi) is 2.63. The number of nitrogens with zero attached hydrogens (tertiary/aromatic N) is 4. The molecule has 1 N–H and O–H groups in total. The largest absolute Gasteiger partial charge is 0.372 e. The summed E-state index contributed by atoms with van der Waals surface area (Å²) in [6, 6.07) is 1.84. The summed E-state index contributed by atoms with van der Waals surface area (Å²) in [6.07, 6.45) is 6.79. The molecule has 0 aromatic carbocycles. The molecule has 0 amide bonds. The fourth-order valence-corrected chi connectivity index (χ4v) is 3.98. The second-order valence-corrected chi connectivity index (χ2v) is 5.86. The summed E-state index contributed by atoms with van der Waals surface area (Å²) in [4.78, 5) is 20.0. The van der Waals surface area contributed by atoms with Crippen molar-refractivity contribution in [1.29, 1.82) is 0 Å². The third kappa shape index (κ3) is 1.68. The van der Waals surface area contributed by atoms with Gasteiger partial charge in [-0.3, -0.25) is 0 Å². The van der Waals surface area contributed by atoms with Gasteiger partial charge >= 0.3 is 0 Å². The van der Waals surface area contributed by atoms with Crippen LogP contribution in [0.2, 0.25) is 0 Å². The number of nitrogens with one attached hydrogen (secondary N) is 1. The Hall–Kier alpha value is -2.08. The van der Waals surface area contributed by atoms with Crippen molar-refractivity contribution in [3.63, 3.8) is 0 Å². The zero-order valence-corrected chi connectivity index (χ0v) is 11.9. The van der Waals surface area contributed by atoms with Gasteiger partial charge in [-0.2, -0.15) is 0 Å². The highest BCUT2D eigenvalue weighted by Crippen LogP contribution is 2.40. The molecule has 5 nitrogen and oxygen atoms in total. The molecule has 0 aliphatic heterocycles. The number of rotatable bonds is 2. The highest BCUT2D eigenvalue weighted by atomic mass is 32.1. The van der Waals surface area contributed by atoms with Crippen molar-refractivity contribution in [3.8, 4) is 11.5 Å². The van der Waals surface area contributed by atoms with E-state index in [1.807, 2.05) is 13.1 Å². The number of hydrogen-bond donors (Lipinski definition) is 1. The van der Waals surface area contributed by atoms with Gasteiger partial charge in [0.1, 0.15) is 22.7 Å². The van der Waals surface area contributed by atoms with E-state index in [4.69, 9.17) is 4.98 Å². The summed E-state index contributed by atoms with van der Waals surface area (Å²) >= 11 is 1.79. The maximum Gasteiger partial charge on any atom is 0.181 e. The van der Waals surface area contributed by atoms with E-state index in [1.54, 1.807) is 17.5 Å². The van der Waals surface area contributed by atoms with Gasteiger partial charge in [0.25, 0.3) is 0 Å². The van der Waals surface area contributed by atoms with Gasteiger partial charge in [0, 0.05) is 18.1 Å². The molecule has 0 radical (unpaired) electrons. The van der Waals surface area contributed by atoms with E-state index in [9.17, 15) is 0 Å². The summed E-state index contributed by atoms with van der Waals surface area (Å²) in [7, 11) is 1.91. The maximum atomic E-state index is 4.69. The van der Waals surface area contributed by atoms with Crippen LogP contribution in [-0.2, 0) is 12.8 Å². The molecule has 20 heavy (non-hydrogen) atoms. The summed E-state index contributed by atoms with van der Waals surface area (Å²) in [5.41, 5.74) is 2.19. The lowest BCUT2D eigenvalue weighted by Gasteiger charge is -2.06. The molecule has 0 unspecified atom stereocenters. The highest BCUT2D eigenvalue weighted by Gasteiger charge is 2.22. The van der Waals surface area contributed by atoms with Crippen molar-refractivity contribution in [2.45, 2.75) is 19.3 Å². The van der Waals surface area contributed by atoms with E-state index in [1.165, 1.54) is 35.0 Å². The molecule has 0 bridgehead atoms. The molecular formula is C14H13N5S. The van der Waals surface area contributed by atoms with Crippen LogP contribution >= 0.6 is 11.3 Å². The molecule has 1 aliphatic rings. The normalized spacial score (nSPS) is 13.7. The number of aromatic nitrogens is 4. The standard InChI is InChI=1S/C14H13N5S/c1-15-13-11-8-3-2-4-10(8)20-14(11)19-12(18-13)9-5-6-16-7-17-9/h5-7H,2-4H2,1H3,(H,15,18,19). The molecule has 0 fully saturated rings. The van der Waals surface area contributed by atoms with Gasteiger partial charge in [-0.1, -0.05) is 0 Å². The molecular weight excluding hydrogens is 270 g/mol. The molecule has 3 heterocycles. The predicted molar refractivity (Wildman–Crippen MR) is 80.0 cm³/mol. The average Bonchev–Trinajstić information content (AvgIpc) is 3.07. The van der Waals surface area contributed by atoms with Crippen LogP contribution in [0.3, 0.4) is 0 Å². The Morgan fingerprint density at radius 3 is 3.00 bits per heavy atom. The molecule has 1 aliphatic carbocycles. The lowest BCUT2D eigenvalue weighted by Crippen LogP contribution is -1.99. The van der Waals surface area contributed by atoms with E-state index < -0.39 is 0 Å². The molecule has 100 valence electrons. The van der Waals surface area contributed by atoms with Crippen molar-refractivity contribution in [2.75, 3.05) is 12.4 Å². The van der Waals surface area contributed by atoms with Crippen LogP contribution in [0.15, 0.2) is 18.6 Å². The molecule has 3 aromatic heterocycles. The van der Waals surface area contributed by atoms with Crippen molar-refractivity contribution in [3.05, 3.63) is 29.0 Å². The lowest BCUT2D eigenvalue weighted by molar-refractivity contribution is 0.917. The van der Waals surface area contributed by atoms with Crippen LogP contribution < -0.4 is 5.32 Å². The van der Waals surface area contributed by atoms with Crippen LogP contribution in [0.4, 0.5) is 5.82 Å². The van der Waals surface area contributed by atoms with Gasteiger partial charge in [-0.25, -0.2) is 19.9 Å². The number of fused-ring (bicyclic) bond motifs is 3. The second-order valence-electron chi connectivity index (χ2n) is 4.78. The number of hydrogen-bond acceptors (Lipinski definition) is 6. The molecule has 0 saturated heterocycles. The monoisotopic (exact) mass is 283 g/mol. The Labute approximate surface area is 120 Å². The van der Waals surface area contributed by atoms with Crippen LogP contribution in [0.1, 0.15) is 16.9 Å². The van der Waals surface area contributed by atoms with Gasteiger partial charge in [-0.15, -0.1) is 11.3 Å². The molecule has 3 aromatic rings. The van der Waals surface area contributed by atoms with Crippen molar-refractivity contribution < 1.29 is 0 Å². The van der Waals surface area contributed by atoms with Crippen molar-refractivity contribution in [1.82, 2.24) is 19.9 Å². The predicted octanol–water partition coefficient (Wildman–Crippen LogP) is 2.68. The van der Waals surface area contributed by atoms with E-state index >= 15 is 0 Å². The van der Waals surface area contributed by atoms with Gasteiger partial charge in [0.15, 0.2) is 5.82 Å². The topological polar surface area (TPSA) is 63.6 Å². The van der Waals surface area contributed by atoms with E-state index in [2.05, 4.69) is 20.3 Å². The molecule has 4 rings (SSSR count). The minimum atomic E-state index is 0.657. The van der Waals surface area contributed by atoms with E-state index in [0.717, 1.165) is 22.8 Å². The van der Waals surface area contributed by atoms with Crippen LogP contribution in [0.25, 0.3) is 21.7 Å². The Bertz CT molecular complexity index is 781. The van der Waals surface area contributed by atoms with Crippen molar-refractivity contribution in [2.24, 2.45) is 0 Å².